The van der Waals surface area contributed by atoms with E-state index in [2.05, 4.69) is 49.7 Å². The van der Waals surface area contributed by atoms with Gasteiger partial charge in [-0.15, -0.1) is 11.8 Å². The molecular formula is C13H21NOS. The Kier molecular flexibility index (Phi) is 5.32. The summed E-state index contributed by atoms with van der Waals surface area (Å²) >= 11 is 1.77. The van der Waals surface area contributed by atoms with Crippen molar-refractivity contribution in [3.63, 3.8) is 0 Å². The van der Waals surface area contributed by atoms with Crippen LogP contribution in [0.5, 0.6) is 0 Å². The fourth-order valence-corrected chi connectivity index (χ4v) is 1.90. The van der Waals surface area contributed by atoms with Crippen LogP contribution in [0, 0.1) is 0 Å². The van der Waals surface area contributed by atoms with Crippen LogP contribution >= 0.6 is 11.8 Å². The Hall–Kier alpha value is -0.510. The molecule has 16 heavy (non-hydrogen) atoms. The average Bonchev–Trinajstić information content (AvgIpc) is 2.27. The minimum Gasteiger partial charge on any atom is -0.383 e. The predicted molar refractivity (Wildman–Crippen MR) is 71.0 cm³/mol. The molecule has 0 amide bonds. The van der Waals surface area contributed by atoms with Crippen LogP contribution in [0.4, 0.5) is 0 Å². The number of rotatable bonds is 6. The Balaban J connectivity index is 2.48. The quantitative estimate of drug-likeness (QED) is 0.771. The Morgan fingerprint density at radius 3 is 2.38 bits per heavy atom. The first-order valence-corrected chi connectivity index (χ1v) is 6.67. The third kappa shape index (κ3) is 4.56. The minimum atomic E-state index is 0.0208. The maximum absolute atomic E-state index is 5.17. The first-order valence-electron chi connectivity index (χ1n) is 5.44. The summed E-state index contributed by atoms with van der Waals surface area (Å²) < 4.78 is 5.17. The van der Waals surface area contributed by atoms with Crippen molar-refractivity contribution >= 4 is 11.8 Å². The van der Waals surface area contributed by atoms with Crippen LogP contribution < -0.4 is 5.32 Å². The van der Waals surface area contributed by atoms with Crippen molar-refractivity contribution in [2.45, 2.75) is 30.8 Å². The molecule has 0 fully saturated rings. The van der Waals surface area contributed by atoms with E-state index in [1.807, 2.05) is 0 Å². The maximum atomic E-state index is 5.17. The van der Waals surface area contributed by atoms with Gasteiger partial charge in [0.05, 0.1) is 6.61 Å². The lowest BCUT2D eigenvalue weighted by molar-refractivity contribution is 0.128. The number of methoxy groups -OCH3 is 1. The predicted octanol–water partition coefficient (Wildman–Crippen LogP) is 2.92. The normalized spacial score (nSPS) is 11.8. The highest BCUT2D eigenvalue weighted by Crippen LogP contribution is 2.15. The highest BCUT2D eigenvalue weighted by Gasteiger charge is 2.15. The van der Waals surface area contributed by atoms with Crippen LogP contribution in [-0.4, -0.2) is 25.5 Å². The third-order valence-electron chi connectivity index (χ3n) is 2.44. The first kappa shape index (κ1) is 13.6. The Labute approximate surface area is 103 Å². The average molecular weight is 239 g/mol. The lowest BCUT2D eigenvalue weighted by Crippen LogP contribution is -2.42. The summed E-state index contributed by atoms with van der Waals surface area (Å²) in [6.07, 6.45) is 2.09. The van der Waals surface area contributed by atoms with Crippen molar-refractivity contribution < 1.29 is 4.74 Å². The number of benzene rings is 1. The van der Waals surface area contributed by atoms with E-state index in [-0.39, 0.29) is 5.54 Å². The van der Waals surface area contributed by atoms with Crippen molar-refractivity contribution in [1.29, 1.82) is 0 Å². The molecule has 1 rings (SSSR count). The van der Waals surface area contributed by atoms with Gasteiger partial charge in [0.1, 0.15) is 0 Å². The zero-order chi connectivity index (χ0) is 12.0. The fraction of sp³-hybridized carbons (Fsp3) is 0.538. The van der Waals surface area contributed by atoms with Gasteiger partial charge in [0.2, 0.25) is 0 Å². The molecule has 0 unspecified atom stereocenters. The molecule has 0 aliphatic carbocycles. The van der Waals surface area contributed by atoms with E-state index in [0.29, 0.717) is 0 Å². The monoisotopic (exact) mass is 239 g/mol. The van der Waals surface area contributed by atoms with E-state index >= 15 is 0 Å². The second-order valence-electron chi connectivity index (χ2n) is 4.52. The smallest absolute Gasteiger partial charge is 0.0639 e. The van der Waals surface area contributed by atoms with E-state index in [4.69, 9.17) is 4.74 Å². The molecule has 0 radical (unpaired) electrons. The molecule has 90 valence electrons. The molecule has 0 atom stereocenters. The Morgan fingerprint density at radius 2 is 1.88 bits per heavy atom. The fourth-order valence-electron chi connectivity index (χ4n) is 1.50. The van der Waals surface area contributed by atoms with Crippen molar-refractivity contribution in [1.82, 2.24) is 5.32 Å². The van der Waals surface area contributed by atoms with Crippen molar-refractivity contribution in [3.05, 3.63) is 29.8 Å². The van der Waals surface area contributed by atoms with Gasteiger partial charge in [-0.05, 0) is 37.8 Å². The van der Waals surface area contributed by atoms with Crippen LogP contribution in [-0.2, 0) is 11.3 Å². The van der Waals surface area contributed by atoms with E-state index in [9.17, 15) is 0 Å². The molecule has 0 saturated heterocycles. The first-order chi connectivity index (χ1) is 7.57. The van der Waals surface area contributed by atoms with E-state index in [1.54, 1.807) is 18.9 Å². The Morgan fingerprint density at radius 1 is 1.25 bits per heavy atom. The van der Waals surface area contributed by atoms with Crippen LogP contribution in [0.25, 0.3) is 0 Å². The van der Waals surface area contributed by atoms with E-state index in [0.717, 1.165) is 13.2 Å². The van der Waals surface area contributed by atoms with Gasteiger partial charge in [0.15, 0.2) is 0 Å². The number of hydrogen-bond acceptors (Lipinski definition) is 3. The molecule has 0 heterocycles. The Bertz CT molecular complexity index is 308. The van der Waals surface area contributed by atoms with E-state index in [1.165, 1.54) is 10.5 Å². The summed E-state index contributed by atoms with van der Waals surface area (Å²) in [5, 5.41) is 3.48. The molecule has 0 aromatic heterocycles. The largest absolute Gasteiger partial charge is 0.383 e. The van der Waals surface area contributed by atoms with Gasteiger partial charge in [-0.25, -0.2) is 0 Å². The highest BCUT2D eigenvalue weighted by molar-refractivity contribution is 7.98. The van der Waals surface area contributed by atoms with Crippen LogP contribution in [0.1, 0.15) is 19.4 Å². The lowest BCUT2D eigenvalue weighted by atomic mass is 10.1. The van der Waals surface area contributed by atoms with Gasteiger partial charge < -0.3 is 10.1 Å². The minimum absolute atomic E-state index is 0.0208. The molecule has 1 aromatic rings. The van der Waals surface area contributed by atoms with Gasteiger partial charge in [0, 0.05) is 24.1 Å². The summed E-state index contributed by atoms with van der Waals surface area (Å²) in [4.78, 5) is 1.31. The molecule has 0 spiro atoms. The second kappa shape index (κ2) is 6.28. The van der Waals surface area contributed by atoms with Gasteiger partial charge >= 0.3 is 0 Å². The number of thioether (sulfide) groups is 1. The third-order valence-corrected chi connectivity index (χ3v) is 3.18. The summed E-state index contributed by atoms with van der Waals surface area (Å²) in [5.41, 5.74) is 1.33. The summed E-state index contributed by atoms with van der Waals surface area (Å²) in [5.74, 6) is 0. The molecule has 1 aromatic carbocycles. The molecular weight excluding hydrogens is 218 g/mol. The molecule has 0 saturated carbocycles. The zero-order valence-electron chi connectivity index (χ0n) is 10.5. The molecule has 0 aliphatic heterocycles. The van der Waals surface area contributed by atoms with Crippen LogP contribution in [0.3, 0.4) is 0 Å². The van der Waals surface area contributed by atoms with Gasteiger partial charge in [-0.3, -0.25) is 0 Å². The molecule has 0 bridgehead atoms. The van der Waals surface area contributed by atoms with Crippen molar-refractivity contribution in [2.24, 2.45) is 0 Å². The zero-order valence-corrected chi connectivity index (χ0v) is 11.4. The lowest BCUT2D eigenvalue weighted by Gasteiger charge is -2.25. The van der Waals surface area contributed by atoms with Crippen LogP contribution in [0.15, 0.2) is 29.2 Å². The SMILES string of the molecule is COCC(C)(C)NCc1ccc(SC)cc1. The molecule has 1 N–H and O–H groups in total. The molecule has 3 heteroatoms. The molecule has 2 nitrogen and oxygen atoms in total. The number of nitrogens with one attached hydrogen (secondary N) is 1. The van der Waals surface area contributed by atoms with E-state index < -0.39 is 0 Å². The van der Waals surface area contributed by atoms with Gasteiger partial charge in [-0.2, -0.15) is 0 Å². The summed E-state index contributed by atoms with van der Waals surface area (Å²) in [7, 11) is 1.73. The summed E-state index contributed by atoms with van der Waals surface area (Å²) in [6.45, 7) is 5.89. The maximum Gasteiger partial charge on any atom is 0.0639 e. The number of ether oxygens (including phenoxy) is 1. The van der Waals surface area contributed by atoms with Crippen molar-refractivity contribution in [2.75, 3.05) is 20.0 Å². The van der Waals surface area contributed by atoms with Crippen molar-refractivity contribution in [3.8, 4) is 0 Å². The second-order valence-corrected chi connectivity index (χ2v) is 5.40. The topological polar surface area (TPSA) is 21.3 Å². The van der Waals surface area contributed by atoms with Crippen LogP contribution in [0.2, 0.25) is 0 Å². The van der Waals surface area contributed by atoms with Gasteiger partial charge in [0.25, 0.3) is 0 Å². The highest BCUT2D eigenvalue weighted by atomic mass is 32.2. The summed E-state index contributed by atoms with van der Waals surface area (Å²) in [6, 6.07) is 8.65. The standard InChI is InChI=1S/C13H21NOS/c1-13(2,10-15-3)14-9-11-5-7-12(16-4)8-6-11/h5-8,14H,9-10H2,1-4H3. The molecule has 0 aliphatic rings. The van der Waals surface area contributed by atoms with Gasteiger partial charge in [-0.1, -0.05) is 12.1 Å². The number of hydrogen-bond donors (Lipinski definition) is 1.